The van der Waals surface area contributed by atoms with E-state index in [4.69, 9.17) is 11.1 Å². The quantitative estimate of drug-likeness (QED) is 0.0787. The zero-order valence-corrected chi connectivity index (χ0v) is 31.0. The summed E-state index contributed by atoms with van der Waals surface area (Å²) < 4.78 is 30.3. The summed E-state index contributed by atoms with van der Waals surface area (Å²) >= 11 is 0. The summed E-state index contributed by atoms with van der Waals surface area (Å²) in [6.07, 6.45) is 7.05. The van der Waals surface area contributed by atoms with E-state index in [9.17, 15) is 9.59 Å². The molecule has 1 aromatic carbocycles. The largest absolute Gasteiger partial charge is 0.382 e. The van der Waals surface area contributed by atoms with Crippen LogP contribution in [0.5, 0.6) is 0 Å². The molecule has 2 aliphatic heterocycles. The van der Waals surface area contributed by atoms with E-state index in [1.165, 1.54) is 12.1 Å². The van der Waals surface area contributed by atoms with E-state index >= 15 is 8.78 Å². The normalized spacial score (nSPS) is 18.8. The number of amidine groups is 1. The summed E-state index contributed by atoms with van der Waals surface area (Å²) in [7, 11) is 1.79. The number of likely N-dealkylation sites (tertiary alicyclic amines) is 2. The van der Waals surface area contributed by atoms with Crippen LogP contribution in [0.4, 0.5) is 14.5 Å². The molecule has 12 heteroatoms. The molecule has 276 valence electrons. The lowest BCUT2D eigenvalue weighted by Gasteiger charge is -2.42. The standard InChI is InChI=1S/C37H62F2N8O2/c1-26(35(2,3)4)45-34(49)10-8-9-15-43-33(42-7)22-31(40)47-18-13-37(14-19-47,23-32(41)48)25-44-30-21-28(38)27(20-29(30)39)24-46-16-11-36(5,6)12-17-46/h20-22,26,40,42-44H,8-19,23-25H2,1-7H3,(H2,41,48)(H,45,49)/b33-22+,40-31?. The van der Waals surface area contributed by atoms with Crippen molar-refractivity contribution in [3.05, 3.63) is 41.2 Å². The van der Waals surface area contributed by atoms with Crippen LogP contribution in [0.2, 0.25) is 0 Å². The van der Waals surface area contributed by atoms with Gasteiger partial charge in [-0.1, -0.05) is 34.6 Å². The summed E-state index contributed by atoms with van der Waals surface area (Å²) in [5, 5.41) is 21.3. The van der Waals surface area contributed by atoms with Crippen LogP contribution in [-0.2, 0) is 16.1 Å². The number of benzene rings is 1. The van der Waals surface area contributed by atoms with Crippen LogP contribution in [0.1, 0.15) is 98.5 Å². The van der Waals surface area contributed by atoms with Crippen molar-refractivity contribution in [3.63, 3.8) is 0 Å². The smallest absolute Gasteiger partial charge is 0.220 e. The molecule has 0 radical (unpaired) electrons. The third-order valence-corrected chi connectivity index (χ3v) is 10.5. The first-order chi connectivity index (χ1) is 22.9. The number of anilines is 1. The number of nitrogens with one attached hydrogen (secondary N) is 5. The van der Waals surface area contributed by atoms with Crippen molar-refractivity contribution in [3.8, 4) is 0 Å². The first-order valence-corrected chi connectivity index (χ1v) is 17.9. The lowest BCUT2D eigenvalue weighted by atomic mass is 9.75. The van der Waals surface area contributed by atoms with Crippen molar-refractivity contribution in [1.82, 2.24) is 25.8 Å². The Bertz CT molecular complexity index is 1310. The molecule has 2 saturated heterocycles. The van der Waals surface area contributed by atoms with Crippen LogP contribution in [-0.4, -0.2) is 79.8 Å². The van der Waals surface area contributed by atoms with Gasteiger partial charge < -0.3 is 31.9 Å². The fourth-order valence-corrected chi connectivity index (χ4v) is 6.30. The molecular weight excluding hydrogens is 626 g/mol. The van der Waals surface area contributed by atoms with Gasteiger partial charge in [-0.2, -0.15) is 0 Å². The Balaban J connectivity index is 1.50. The predicted molar refractivity (Wildman–Crippen MR) is 194 cm³/mol. The van der Waals surface area contributed by atoms with Gasteiger partial charge in [0.1, 0.15) is 23.3 Å². The molecule has 3 rings (SSSR count). The minimum atomic E-state index is -0.546. The van der Waals surface area contributed by atoms with Gasteiger partial charge in [-0.15, -0.1) is 0 Å². The number of nitrogens with zero attached hydrogens (tertiary/aromatic N) is 2. The number of primary amides is 1. The predicted octanol–water partition coefficient (Wildman–Crippen LogP) is 5.31. The Morgan fingerprint density at radius 1 is 1.04 bits per heavy atom. The number of carbonyl (C=O) groups excluding carboxylic acids is 2. The maximum atomic E-state index is 15.2. The number of carbonyl (C=O) groups is 2. The molecule has 0 bridgehead atoms. The highest BCUT2D eigenvalue weighted by Gasteiger charge is 2.37. The molecule has 2 heterocycles. The Kier molecular flexibility index (Phi) is 14.3. The van der Waals surface area contributed by atoms with E-state index in [1.807, 2.05) is 11.8 Å². The number of hydrogen-bond acceptors (Lipinski definition) is 7. The third-order valence-electron chi connectivity index (χ3n) is 10.5. The molecule has 10 nitrogen and oxygen atoms in total. The number of nitrogens with two attached hydrogens (primary N) is 1. The molecule has 1 aromatic rings. The average Bonchev–Trinajstić information content (AvgIpc) is 3.01. The Morgan fingerprint density at radius 2 is 1.69 bits per heavy atom. The number of halogens is 2. The van der Waals surface area contributed by atoms with Gasteiger partial charge in [-0.25, -0.2) is 8.78 Å². The maximum Gasteiger partial charge on any atom is 0.220 e. The molecule has 2 aliphatic rings. The van der Waals surface area contributed by atoms with Gasteiger partial charge in [0.15, 0.2) is 0 Å². The fourth-order valence-electron chi connectivity index (χ4n) is 6.30. The zero-order valence-electron chi connectivity index (χ0n) is 31.0. The second-order valence-electron chi connectivity index (χ2n) is 16.1. The number of hydrogen-bond donors (Lipinski definition) is 6. The van der Waals surface area contributed by atoms with Crippen molar-refractivity contribution in [2.24, 2.45) is 22.0 Å². The van der Waals surface area contributed by atoms with Crippen molar-refractivity contribution in [2.45, 2.75) is 105 Å². The van der Waals surface area contributed by atoms with E-state index in [2.05, 4.69) is 60.8 Å². The highest BCUT2D eigenvalue weighted by molar-refractivity contribution is 5.90. The van der Waals surface area contributed by atoms with Crippen LogP contribution in [0.3, 0.4) is 0 Å². The van der Waals surface area contributed by atoms with Crippen molar-refractivity contribution >= 4 is 23.3 Å². The lowest BCUT2D eigenvalue weighted by molar-refractivity contribution is -0.122. The number of piperidine rings is 2. The summed E-state index contributed by atoms with van der Waals surface area (Å²) in [5.74, 6) is -0.315. The molecule has 0 spiro atoms. The highest BCUT2D eigenvalue weighted by atomic mass is 19.1. The summed E-state index contributed by atoms with van der Waals surface area (Å²) in [6.45, 7) is 16.9. The van der Waals surface area contributed by atoms with E-state index < -0.39 is 23.0 Å². The SMILES string of the molecule is CN/C(=C\C(=N)N1CCC(CNc2cc(F)c(CN3CCC(C)(C)CC3)cc2F)(CC(N)=O)CC1)NCCCCC(=O)NC(C)C(C)(C)C. The van der Waals surface area contributed by atoms with Gasteiger partial charge in [-0.05, 0) is 80.8 Å². The number of amides is 2. The Hall–Kier alpha value is -3.41. The Morgan fingerprint density at radius 3 is 2.29 bits per heavy atom. The van der Waals surface area contributed by atoms with Crippen molar-refractivity contribution in [2.75, 3.05) is 51.6 Å². The van der Waals surface area contributed by atoms with Gasteiger partial charge in [0.25, 0.3) is 0 Å². The van der Waals surface area contributed by atoms with Crippen molar-refractivity contribution in [1.29, 1.82) is 5.41 Å². The molecule has 2 fully saturated rings. The van der Waals surface area contributed by atoms with Crippen LogP contribution < -0.4 is 27.0 Å². The average molecular weight is 689 g/mol. The molecule has 0 saturated carbocycles. The molecule has 2 amide bonds. The van der Waals surface area contributed by atoms with E-state index in [1.54, 1.807) is 13.1 Å². The second-order valence-corrected chi connectivity index (χ2v) is 16.1. The molecule has 0 aromatic heterocycles. The van der Waals surface area contributed by atoms with Gasteiger partial charge in [0.05, 0.1) is 5.69 Å². The first-order valence-electron chi connectivity index (χ1n) is 17.9. The van der Waals surface area contributed by atoms with Crippen LogP contribution in [0.15, 0.2) is 24.0 Å². The van der Waals surface area contributed by atoms with Gasteiger partial charge in [0.2, 0.25) is 11.8 Å². The summed E-state index contributed by atoms with van der Waals surface area (Å²) in [4.78, 5) is 28.5. The summed E-state index contributed by atoms with van der Waals surface area (Å²) in [6, 6.07) is 2.61. The minimum Gasteiger partial charge on any atom is -0.382 e. The molecule has 0 aliphatic carbocycles. The zero-order chi connectivity index (χ0) is 36.4. The van der Waals surface area contributed by atoms with Crippen LogP contribution in [0, 0.1) is 33.3 Å². The second kappa shape index (κ2) is 17.5. The van der Waals surface area contributed by atoms with Gasteiger partial charge >= 0.3 is 0 Å². The van der Waals surface area contributed by atoms with Crippen LogP contribution in [0.25, 0.3) is 0 Å². The van der Waals surface area contributed by atoms with Crippen LogP contribution >= 0.6 is 0 Å². The summed E-state index contributed by atoms with van der Waals surface area (Å²) in [5.41, 5.74) is 5.82. The number of unbranched alkanes of at least 4 members (excludes halogenated alkanes) is 1. The number of rotatable bonds is 16. The third kappa shape index (κ3) is 12.8. The van der Waals surface area contributed by atoms with Gasteiger partial charge in [0, 0.05) is 76.4 Å². The molecule has 7 N–H and O–H groups in total. The van der Waals surface area contributed by atoms with Gasteiger partial charge in [-0.3, -0.25) is 19.9 Å². The van der Waals surface area contributed by atoms with Crippen molar-refractivity contribution < 1.29 is 18.4 Å². The first kappa shape index (κ1) is 40.0. The fraction of sp³-hybridized carbons (Fsp3) is 0.703. The van der Waals surface area contributed by atoms with E-state index in [0.717, 1.165) is 38.8 Å². The topological polar surface area (TPSA) is 139 Å². The maximum absolute atomic E-state index is 15.2. The highest BCUT2D eigenvalue weighted by Crippen LogP contribution is 2.36. The lowest BCUT2D eigenvalue weighted by Crippen LogP contribution is -2.47. The monoisotopic (exact) mass is 688 g/mol. The Labute approximate surface area is 292 Å². The molecule has 1 atom stereocenters. The molecular formula is C37H62F2N8O2. The molecule has 49 heavy (non-hydrogen) atoms. The van der Waals surface area contributed by atoms with E-state index in [0.29, 0.717) is 62.7 Å². The van der Waals surface area contributed by atoms with E-state index in [-0.39, 0.29) is 41.4 Å². The molecule has 1 unspecified atom stereocenters. The minimum absolute atomic E-state index is 0.0143.